The third kappa shape index (κ3) is 2.66. The van der Waals surface area contributed by atoms with Crippen molar-refractivity contribution in [3.8, 4) is 0 Å². The molecule has 1 aliphatic carbocycles. The second-order valence-corrected chi connectivity index (χ2v) is 6.15. The van der Waals surface area contributed by atoms with Crippen molar-refractivity contribution in [3.63, 3.8) is 0 Å². The Labute approximate surface area is 99.8 Å². The Kier molecular flexibility index (Phi) is 3.10. The molecule has 1 aromatic rings. The number of nitrogens with two attached hydrogens (primary N) is 1. The zero-order chi connectivity index (χ0) is 11.8. The molecular formula is C10H13ClN2O2S. The normalized spacial score (nSPS) is 16.3. The average molecular weight is 261 g/mol. The molecule has 2 rings (SSSR count). The maximum atomic E-state index is 11.9. The quantitative estimate of drug-likeness (QED) is 0.808. The van der Waals surface area contributed by atoms with Crippen LogP contribution in [-0.2, 0) is 10.0 Å². The highest BCUT2D eigenvalue weighted by Crippen LogP contribution is 2.29. The summed E-state index contributed by atoms with van der Waals surface area (Å²) >= 11 is 5.71. The summed E-state index contributed by atoms with van der Waals surface area (Å²) < 4.78 is 26.3. The molecule has 0 atom stereocenters. The Morgan fingerprint density at radius 2 is 2.12 bits per heavy atom. The van der Waals surface area contributed by atoms with E-state index < -0.39 is 10.0 Å². The van der Waals surface area contributed by atoms with Gasteiger partial charge in [-0.2, -0.15) is 0 Å². The third-order valence-electron chi connectivity index (χ3n) is 2.52. The highest BCUT2D eigenvalue weighted by atomic mass is 35.5. The largest absolute Gasteiger partial charge is 0.398 e. The van der Waals surface area contributed by atoms with Gasteiger partial charge < -0.3 is 5.73 Å². The van der Waals surface area contributed by atoms with Crippen molar-refractivity contribution in [1.82, 2.24) is 4.72 Å². The van der Waals surface area contributed by atoms with E-state index >= 15 is 0 Å². The van der Waals surface area contributed by atoms with Gasteiger partial charge in [0.15, 0.2) is 0 Å². The van der Waals surface area contributed by atoms with Gasteiger partial charge in [-0.3, -0.25) is 0 Å². The maximum Gasteiger partial charge on any atom is 0.242 e. The topological polar surface area (TPSA) is 72.2 Å². The lowest BCUT2D eigenvalue weighted by Crippen LogP contribution is -2.26. The Bertz CT molecular complexity index is 498. The van der Waals surface area contributed by atoms with Crippen molar-refractivity contribution < 1.29 is 8.42 Å². The Balaban J connectivity index is 2.20. The summed E-state index contributed by atoms with van der Waals surface area (Å²) in [6.07, 6.45) is 2.19. The number of nitrogen functional groups attached to an aromatic ring is 1. The van der Waals surface area contributed by atoms with Crippen LogP contribution in [0.3, 0.4) is 0 Å². The van der Waals surface area contributed by atoms with E-state index in [9.17, 15) is 8.42 Å². The van der Waals surface area contributed by atoms with E-state index in [1.54, 1.807) is 0 Å². The highest BCUT2D eigenvalue weighted by Gasteiger charge is 2.25. The van der Waals surface area contributed by atoms with Gasteiger partial charge in [0, 0.05) is 11.6 Å². The van der Waals surface area contributed by atoms with Crippen LogP contribution in [0.1, 0.15) is 12.8 Å². The van der Waals surface area contributed by atoms with Gasteiger partial charge in [0.25, 0.3) is 0 Å². The van der Waals surface area contributed by atoms with Crippen molar-refractivity contribution >= 4 is 27.3 Å². The molecular weight excluding hydrogens is 248 g/mol. The lowest BCUT2D eigenvalue weighted by atomic mass is 10.3. The summed E-state index contributed by atoms with van der Waals surface area (Å²) in [7, 11) is -3.50. The molecule has 0 spiro atoms. The van der Waals surface area contributed by atoms with Gasteiger partial charge >= 0.3 is 0 Å². The van der Waals surface area contributed by atoms with Crippen LogP contribution in [-0.4, -0.2) is 15.0 Å². The minimum absolute atomic E-state index is 0.0950. The summed E-state index contributed by atoms with van der Waals surface area (Å²) in [5.41, 5.74) is 5.80. The van der Waals surface area contributed by atoms with Crippen LogP contribution in [0.2, 0.25) is 5.02 Å². The second kappa shape index (κ2) is 4.24. The van der Waals surface area contributed by atoms with Crippen molar-refractivity contribution in [3.05, 3.63) is 23.2 Å². The number of rotatable bonds is 4. The van der Waals surface area contributed by atoms with Crippen LogP contribution in [0.25, 0.3) is 0 Å². The Morgan fingerprint density at radius 3 is 2.69 bits per heavy atom. The van der Waals surface area contributed by atoms with Gasteiger partial charge in [-0.05, 0) is 37.0 Å². The second-order valence-electron chi connectivity index (χ2n) is 3.98. The van der Waals surface area contributed by atoms with Crippen molar-refractivity contribution in [1.29, 1.82) is 0 Å². The number of benzene rings is 1. The minimum Gasteiger partial charge on any atom is -0.398 e. The molecule has 1 saturated carbocycles. The fourth-order valence-corrected chi connectivity index (χ4v) is 2.80. The summed E-state index contributed by atoms with van der Waals surface area (Å²) in [4.78, 5) is 0.0950. The molecule has 0 radical (unpaired) electrons. The molecule has 1 fully saturated rings. The van der Waals surface area contributed by atoms with E-state index in [0.717, 1.165) is 12.8 Å². The van der Waals surface area contributed by atoms with Crippen molar-refractivity contribution in [2.45, 2.75) is 17.7 Å². The molecule has 16 heavy (non-hydrogen) atoms. The number of hydrogen-bond acceptors (Lipinski definition) is 3. The fraction of sp³-hybridized carbons (Fsp3) is 0.400. The first kappa shape index (κ1) is 11.7. The molecule has 0 heterocycles. The van der Waals surface area contributed by atoms with Crippen molar-refractivity contribution in [2.24, 2.45) is 5.92 Å². The number of nitrogens with one attached hydrogen (secondary N) is 1. The van der Waals surface area contributed by atoms with Gasteiger partial charge in [-0.1, -0.05) is 11.6 Å². The first-order valence-corrected chi connectivity index (χ1v) is 6.90. The first-order chi connectivity index (χ1) is 7.49. The minimum atomic E-state index is -3.50. The van der Waals surface area contributed by atoms with E-state index in [0.29, 0.717) is 17.5 Å². The van der Waals surface area contributed by atoms with Crippen molar-refractivity contribution in [2.75, 3.05) is 12.3 Å². The zero-order valence-corrected chi connectivity index (χ0v) is 10.2. The SMILES string of the molecule is Nc1cc(Cl)ccc1S(=O)(=O)NCC1CC1. The van der Waals surface area contributed by atoms with Gasteiger partial charge in [0.05, 0.1) is 5.69 Å². The molecule has 3 N–H and O–H groups in total. The summed E-state index contributed by atoms with van der Waals surface area (Å²) in [6.45, 7) is 0.490. The van der Waals surface area contributed by atoms with Crippen LogP contribution in [0.5, 0.6) is 0 Å². The molecule has 0 amide bonds. The maximum absolute atomic E-state index is 11.9. The fourth-order valence-electron chi connectivity index (χ4n) is 1.39. The molecule has 1 aromatic carbocycles. The molecule has 0 bridgehead atoms. The van der Waals surface area contributed by atoms with E-state index in [2.05, 4.69) is 4.72 Å². The van der Waals surface area contributed by atoms with E-state index in [1.165, 1.54) is 18.2 Å². The van der Waals surface area contributed by atoms with Gasteiger partial charge in [-0.15, -0.1) is 0 Å². The highest BCUT2D eigenvalue weighted by molar-refractivity contribution is 7.89. The van der Waals surface area contributed by atoms with Crippen LogP contribution in [0, 0.1) is 5.92 Å². The summed E-state index contributed by atoms with van der Waals surface area (Å²) in [6, 6.07) is 4.38. The van der Waals surface area contributed by atoms with E-state index in [4.69, 9.17) is 17.3 Å². The number of anilines is 1. The van der Waals surface area contributed by atoms with Gasteiger partial charge in [0.2, 0.25) is 10.0 Å². The number of sulfonamides is 1. The molecule has 88 valence electrons. The Hall–Kier alpha value is -0.780. The van der Waals surface area contributed by atoms with Crippen LogP contribution >= 0.6 is 11.6 Å². The molecule has 0 saturated heterocycles. The monoisotopic (exact) mass is 260 g/mol. The number of halogens is 1. The molecule has 1 aliphatic rings. The molecule has 0 aliphatic heterocycles. The third-order valence-corrected chi connectivity index (χ3v) is 4.25. The van der Waals surface area contributed by atoms with Gasteiger partial charge in [-0.25, -0.2) is 13.1 Å². The molecule has 0 unspecified atom stereocenters. The lowest BCUT2D eigenvalue weighted by Gasteiger charge is -2.08. The summed E-state index contributed by atoms with van der Waals surface area (Å²) in [5, 5.41) is 0.429. The predicted molar refractivity (Wildman–Crippen MR) is 63.8 cm³/mol. The van der Waals surface area contributed by atoms with Crippen LogP contribution < -0.4 is 10.5 Å². The number of hydrogen-bond donors (Lipinski definition) is 2. The Morgan fingerprint density at radius 1 is 1.44 bits per heavy atom. The first-order valence-electron chi connectivity index (χ1n) is 5.04. The van der Waals surface area contributed by atoms with Crippen LogP contribution in [0.15, 0.2) is 23.1 Å². The molecule has 6 heteroatoms. The van der Waals surface area contributed by atoms with Crippen LogP contribution in [0.4, 0.5) is 5.69 Å². The molecule has 0 aromatic heterocycles. The molecule has 4 nitrogen and oxygen atoms in total. The smallest absolute Gasteiger partial charge is 0.242 e. The van der Waals surface area contributed by atoms with Gasteiger partial charge in [0.1, 0.15) is 4.90 Å². The van der Waals surface area contributed by atoms with E-state index in [1.807, 2.05) is 0 Å². The summed E-state index contributed by atoms with van der Waals surface area (Å²) in [5.74, 6) is 0.489. The van der Waals surface area contributed by atoms with E-state index in [-0.39, 0.29) is 10.6 Å². The lowest BCUT2D eigenvalue weighted by molar-refractivity contribution is 0.578. The predicted octanol–water partition coefficient (Wildman–Crippen LogP) is 1.61. The zero-order valence-electron chi connectivity index (χ0n) is 8.61. The standard InChI is InChI=1S/C10H13ClN2O2S/c11-8-3-4-10(9(12)5-8)16(14,15)13-6-7-1-2-7/h3-5,7,13H,1-2,6,12H2. The average Bonchev–Trinajstić information content (AvgIpc) is 2.97.